The van der Waals surface area contributed by atoms with Crippen LogP contribution in [0.5, 0.6) is 0 Å². The third-order valence-electron chi connectivity index (χ3n) is 3.93. The monoisotopic (exact) mass is 212 g/mol. The maximum absolute atomic E-state index is 9.22. The minimum atomic E-state index is 0.357. The summed E-state index contributed by atoms with van der Waals surface area (Å²) in [5, 5.41) is 16.4. The van der Waals surface area contributed by atoms with Crippen molar-refractivity contribution < 1.29 is 5.11 Å². The maximum Gasteiger partial charge on any atom is 0.0474 e. The van der Waals surface area contributed by atoms with E-state index in [1.54, 1.807) is 0 Å². The van der Waals surface area contributed by atoms with Crippen molar-refractivity contribution in [1.29, 1.82) is 0 Å². The Balaban J connectivity index is 1.67. The quantitative estimate of drug-likeness (QED) is 0.648. The summed E-state index contributed by atoms with van der Waals surface area (Å²) in [6, 6.07) is 1.23. The molecule has 0 spiro atoms. The lowest BCUT2D eigenvalue weighted by molar-refractivity contribution is 0.202. The molecule has 3 N–H and O–H groups in total. The number of hydrogen-bond donors (Lipinski definition) is 3. The van der Waals surface area contributed by atoms with Crippen LogP contribution >= 0.6 is 0 Å². The van der Waals surface area contributed by atoms with Gasteiger partial charge < -0.3 is 15.7 Å². The zero-order valence-corrected chi connectivity index (χ0v) is 9.54. The average Bonchev–Trinajstić information content (AvgIpc) is 2.75. The van der Waals surface area contributed by atoms with E-state index in [-0.39, 0.29) is 0 Å². The molecule has 2 fully saturated rings. The van der Waals surface area contributed by atoms with Gasteiger partial charge in [0.15, 0.2) is 0 Å². The molecule has 0 radical (unpaired) electrons. The van der Waals surface area contributed by atoms with Crippen molar-refractivity contribution in [2.24, 2.45) is 5.92 Å². The van der Waals surface area contributed by atoms with E-state index in [9.17, 15) is 5.11 Å². The van der Waals surface area contributed by atoms with Gasteiger partial charge in [-0.05, 0) is 38.1 Å². The molecule has 3 nitrogen and oxygen atoms in total. The summed E-state index contributed by atoms with van der Waals surface area (Å²) in [6.45, 7) is 2.62. The lowest BCUT2D eigenvalue weighted by atomic mass is 10.0. The fraction of sp³-hybridized carbons (Fsp3) is 1.00. The van der Waals surface area contributed by atoms with E-state index in [0.29, 0.717) is 24.6 Å². The normalized spacial score (nSPS) is 37.0. The summed E-state index contributed by atoms with van der Waals surface area (Å²) in [6.07, 6.45) is 7.74. The third-order valence-corrected chi connectivity index (χ3v) is 3.93. The highest BCUT2D eigenvalue weighted by atomic mass is 16.3. The van der Waals surface area contributed by atoms with Crippen LogP contribution in [-0.4, -0.2) is 36.9 Å². The molecule has 88 valence electrons. The largest absolute Gasteiger partial charge is 0.396 e. The van der Waals surface area contributed by atoms with E-state index in [0.717, 1.165) is 6.54 Å². The van der Waals surface area contributed by atoms with Gasteiger partial charge in [0, 0.05) is 25.2 Å². The minimum Gasteiger partial charge on any atom is -0.396 e. The lowest BCUT2D eigenvalue weighted by Gasteiger charge is -2.27. The molecule has 1 aliphatic heterocycles. The fourth-order valence-corrected chi connectivity index (χ4v) is 2.92. The van der Waals surface area contributed by atoms with Crippen molar-refractivity contribution in [3.05, 3.63) is 0 Å². The van der Waals surface area contributed by atoms with Gasteiger partial charge in [-0.25, -0.2) is 0 Å². The molecule has 3 unspecified atom stereocenters. The van der Waals surface area contributed by atoms with Crippen molar-refractivity contribution in [3.8, 4) is 0 Å². The van der Waals surface area contributed by atoms with Crippen molar-refractivity contribution in [1.82, 2.24) is 10.6 Å². The van der Waals surface area contributed by atoms with Gasteiger partial charge in [0.1, 0.15) is 0 Å². The predicted molar refractivity (Wildman–Crippen MR) is 61.9 cm³/mol. The molecule has 3 heteroatoms. The Labute approximate surface area is 92.6 Å². The van der Waals surface area contributed by atoms with Gasteiger partial charge in [0.05, 0.1) is 0 Å². The van der Waals surface area contributed by atoms with Crippen molar-refractivity contribution in [3.63, 3.8) is 0 Å². The van der Waals surface area contributed by atoms with Crippen LogP contribution in [0.3, 0.4) is 0 Å². The molecule has 0 bridgehead atoms. The predicted octanol–water partition coefficient (Wildman–Crippen LogP) is 0.879. The van der Waals surface area contributed by atoms with Crippen molar-refractivity contribution in [2.45, 2.75) is 50.6 Å². The summed E-state index contributed by atoms with van der Waals surface area (Å²) in [4.78, 5) is 0. The van der Waals surface area contributed by atoms with E-state index in [1.807, 2.05) is 0 Å². The van der Waals surface area contributed by atoms with Crippen molar-refractivity contribution >= 4 is 0 Å². The summed E-state index contributed by atoms with van der Waals surface area (Å²) < 4.78 is 0. The van der Waals surface area contributed by atoms with Crippen LogP contribution in [0.25, 0.3) is 0 Å². The van der Waals surface area contributed by atoms with Crippen LogP contribution < -0.4 is 10.6 Å². The van der Waals surface area contributed by atoms with Gasteiger partial charge in [0.2, 0.25) is 0 Å². The molecule has 1 saturated carbocycles. The van der Waals surface area contributed by atoms with Gasteiger partial charge >= 0.3 is 0 Å². The summed E-state index contributed by atoms with van der Waals surface area (Å²) in [5.74, 6) is 0.508. The molecule has 15 heavy (non-hydrogen) atoms. The van der Waals surface area contributed by atoms with Gasteiger partial charge in [-0.1, -0.05) is 12.8 Å². The second-order valence-electron chi connectivity index (χ2n) is 5.04. The summed E-state index contributed by atoms with van der Waals surface area (Å²) in [7, 11) is 0. The average molecular weight is 212 g/mol. The summed E-state index contributed by atoms with van der Waals surface area (Å²) in [5.41, 5.74) is 0. The molecular weight excluding hydrogens is 188 g/mol. The Bertz CT molecular complexity index is 180. The number of nitrogens with one attached hydrogen (secondary N) is 2. The highest BCUT2D eigenvalue weighted by Gasteiger charge is 2.26. The first-order valence-corrected chi connectivity index (χ1v) is 6.48. The molecule has 2 aliphatic rings. The Hall–Kier alpha value is -0.120. The number of rotatable bonds is 4. The fourth-order valence-electron chi connectivity index (χ4n) is 2.92. The van der Waals surface area contributed by atoms with Crippen LogP contribution in [0.2, 0.25) is 0 Å². The smallest absolute Gasteiger partial charge is 0.0474 e. The molecule has 0 aromatic heterocycles. The Morgan fingerprint density at radius 3 is 2.80 bits per heavy atom. The molecule has 0 amide bonds. The molecule has 1 aliphatic carbocycles. The second kappa shape index (κ2) is 5.83. The third kappa shape index (κ3) is 3.16. The maximum atomic E-state index is 9.22. The highest BCUT2D eigenvalue weighted by molar-refractivity contribution is 4.85. The Kier molecular flexibility index (Phi) is 4.42. The van der Waals surface area contributed by atoms with E-state index >= 15 is 0 Å². The van der Waals surface area contributed by atoms with Crippen LogP contribution in [0.15, 0.2) is 0 Å². The van der Waals surface area contributed by atoms with Crippen LogP contribution in [0.4, 0.5) is 0 Å². The van der Waals surface area contributed by atoms with E-state index in [2.05, 4.69) is 10.6 Å². The van der Waals surface area contributed by atoms with E-state index < -0.39 is 0 Å². The van der Waals surface area contributed by atoms with E-state index in [1.165, 1.54) is 45.1 Å². The lowest BCUT2D eigenvalue weighted by Crippen LogP contribution is -2.46. The number of aliphatic hydroxyl groups excluding tert-OH is 1. The number of aliphatic hydroxyl groups is 1. The highest BCUT2D eigenvalue weighted by Crippen LogP contribution is 2.25. The first-order valence-electron chi connectivity index (χ1n) is 6.48. The number of piperidine rings is 1. The standard InChI is InChI=1S/C12H24N2O/c15-9-10-4-3-6-12(10)14-8-11-5-1-2-7-13-11/h10-15H,1-9H2. The first-order chi connectivity index (χ1) is 7.40. The molecule has 2 rings (SSSR count). The molecule has 0 aromatic carbocycles. The topological polar surface area (TPSA) is 44.3 Å². The van der Waals surface area contributed by atoms with Gasteiger partial charge in [-0.2, -0.15) is 0 Å². The first kappa shape index (κ1) is 11.4. The van der Waals surface area contributed by atoms with Gasteiger partial charge in [-0.3, -0.25) is 0 Å². The Morgan fingerprint density at radius 1 is 1.13 bits per heavy atom. The second-order valence-corrected chi connectivity index (χ2v) is 5.04. The van der Waals surface area contributed by atoms with E-state index in [4.69, 9.17) is 0 Å². The SMILES string of the molecule is OCC1CCCC1NCC1CCCCN1. The van der Waals surface area contributed by atoms with Gasteiger partial charge in [0.25, 0.3) is 0 Å². The molecule has 1 saturated heterocycles. The zero-order chi connectivity index (χ0) is 10.5. The van der Waals surface area contributed by atoms with Crippen LogP contribution in [0, 0.1) is 5.92 Å². The zero-order valence-electron chi connectivity index (χ0n) is 9.54. The van der Waals surface area contributed by atoms with Crippen LogP contribution in [0.1, 0.15) is 38.5 Å². The Morgan fingerprint density at radius 2 is 2.07 bits per heavy atom. The molecule has 1 heterocycles. The van der Waals surface area contributed by atoms with Crippen LogP contribution in [-0.2, 0) is 0 Å². The minimum absolute atomic E-state index is 0.357. The summed E-state index contributed by atoms with van der Waals surface area (Å²) >= 11 is 0. The molecule has 0 aromatic rings. The number of hydrogen-bond acceptors (Lipinski definition) is 3. The van der Waals surface area contributed by atoms with Crippen molar-refractivity contribution in [2.75, 3.05) is 19.7 Å². The molecule has 3 atom stereocenters. The molecular formula is C12H24N2O. The van der Waals surface area contributed by atoms with Gasteiger partial charge in [-0.15, -0.1) is 0 Å².